The summed E-state index contributed by atoms with van der Waals surface area (Å²) in [5.41, 5.74) is 5.98. The zero-order valence-corrected chi connectivity index (χ0v) is 14.7. The molecule has 0 amide bonds. The van der Waals surface area contributed by atoms with Gasteiger partial charge in [-0.2, -0.15) is 0 Å². The molecule has 1 atom stereocenters. The molecule has 0 saturated carbocycles. The van der Waals surface area contributed by atoms with E-state index < -0.39 is 0 Å². The molecular weight excluding hydrogens is 281 g/mol. The molecule has 0 bridgehead atoms. The molecule has 0 radical (unpaired) electrons. The first-order valence-corrected chi connectivity index (χ1v) is 7.22. The minimum absolute atomic E-state index is 0. The standard InChI is InChI=1S/C14H33N3.2ClH/c1-12(2)10-16-9-7-5-6-8-14(15)17-11-13(3)4;;/h12-14,16-17H,5-11,15H2,1-4H3;2*1H. The van der Waals surface area contributed by atoms with Crippen molar-refractivity contribution in [1.82, 2.24) is 10.6 Å². The Bertz CT molecular complexity index is 167. The van der Waals surface area contributed by atoms with E-state index in [1.807, 2.05) is 0 Å². The van der Waals surface area contributed by atoms with E-state index >= 15 is 0 Å². The lowest BCUT2D eigenvalue weighted by molar-refractivity contribution is 0.431. The Morgan fingerprint density at radius 2 is 1.42 bits per heavy atom. The van der Waals surface area contributed by atoms with Crippen molar-refractivity contribution in [3.05, 3.63) is 0 Å². The van der Waals surface area contributed by atoms with Gasteiger partial charge in [0.15, 0.2) is 0 Å². The highest BCUT2D eigenvalue weighted by Gasteiger charge is 2.02. The fraction of sp³-hybridized carbons (Fsp3) is 1.00. The van der Waals surface area contributed by atoms with Crippen molar-refractivity contribution in [3.8, 4) is 0 Å². The first-order chi connectivity index (χ1) is 8.02. The molecular formula is C14H35Cl2N3. The summed E-state index contributed by atoms with van der Waals surface area (Å²) in [6, 6.07) is 0. The zero-order chi connectivity index (χ0) is 13.1. The SMILES string of the molecule is CC(C)CNCCCCCC(N)NCC(C)C.Cl.Cl. The van der Waals surface area contributed by atoms with Gasteiger partial charge in [-0.3, -0.25) is 0 Å². The van der Waals surface area contributed by atoms with E-state index in [0.29, 0.717) is 5.92 Å². The van der Waals surface area contributed by atoms with Gasteiger partial charge in [-0.05, 0) is 44.3 Å². The molecule has 1 unspecified atom stereocenters. The number of hydrogen-bond donors (Lipinski definition) is 3. The van der Waals surface area contributed by atoms with Crippen LogP contribution in [-0.4, -0.2) is 25.8 Å². The van der Waals surface area contributed by atoms with Gasteiger partial charge in [0.1, 0.15) is 0 Å². The molecule has 3 nitrogen and oxygen atoms in total. The molecule has 5 heteroatoms. The smallest absolute Gasteiger partial charge is 0.0546 e. The average Bonchev–Trinajstić information content (AvgIpc) is 2.24. The number of unbranched alkanes of at least 4 members (excludes halogenated alkanes) is 2. The zero-order valence-electron chi connectivity index (χ0n) is 13.1. The predicted octanol–water partition coefficient (Wildman–Crippen LogP) is 3.17. The van der Waals surface area contributed by atoms with Gasteiger partial charge in [0.25, 0.3) is 0 Å². The normalized spacial score (nSPS) is 12.2. The molecule has 0 aliphatic heterocycles. The van der Waals surface area contributed by atoms with Crippen LogP contribution in [0, 0.1) is 11.8 Å². The summed E-state index contributed by atoms with van der Waals surface area (Å²) in [6.45, 7) is 12.2. The Kier molecular flexibility index (Phi) is 21.3. The summed E-state index contributed by atoms with van der Waals surface area (Å²) in [5, 5.41) is 6.83. The van der Waals surface area contributed by atoms with Gasteiger partial charge in [-0.25, -0.2) is 0 Å². The van der Waals surface area contributed by atoms with Crippen LogP contribution >= 0.6 is 24.8 Å². The van der Waals surface area contributed by atoms with Crippen LogP contribution in [0.2, 0.25) is 0 Å². The minimum atomic E-state index is 0. The fourth-order valence-electron chi connectivity index (χ4n) is 1.67. The highest BCUT2D eigenvalue weighted by molar-refractivity contribution is 5.85. The lowest BCUT2D eigenvalue weighted by atomic mass is 10.1. The van der Waals surface area contributed by atoms with Crippen LogP contribution in [0.3, 0.4) is 0 Å². The number of halogens is 2. The van der Waals surface area contributed by atoms with Crippen molar-refractivity contribution >= 4 is 24.8 Å². The van der Waals surface area contributed by atoms with Gasteiger partial charge in [-0.15, -0.1) is 24.8 Å². The van der Waals surface area contributed by atoms with Crippen LogP contribution in [0.1, 0.15) is 53.4 Å². The second kappa shape index (κ2) is 16.5. The number of nitrogens with one attached hydrogen (secondary N) is 2. The van der Waals surface area contributed by atoms with Gasteiger partial charge < -0.3 is 16.4 Å². The maximum Gasteiger partial charge on any atom is 0.0546 e. The number of hydrogen-bond acceptors (Lipinski definition) is 3. The van der Waals surface area contributed by atoms with Crippen molar-refractivity contribution in [3.63, 3.8) is 0 Å². The average molecular weight is 316 g/mol. The molecule has 0 aromatic carbocycles. The Labute approximate surface area is 132 Å². The third-order valence-corrected chi connectivity index (χ3v) is 2.71. The first kappa shape index (κ1) is 24.5. The lowest BCUT2D eigenvalue weighted by Crippen LogP contribution is -2.39. The van der Waals surface area contributed by atoms with Crippen LogP contribution in [0.15, 0.2) is 0 Å². The van der Waals surface area contributed by atoms with Crippen LogP contribution in [0.25, 0.3) is 0 Å². The van der Waals surface area contributed by atoms with Crippen LogP contribution in [-0.2, 0) is 0 Å². The number of rotatable bonds is 11. The Hall–Kier alpha value is 0.460. The minimum Gasteiger partial charge on any atom is -0.316 e. The van der Waals surface area contributed by atoms with E-state index in [-0.39, 0.29) is 31.0 Å². The molecule has 0 spiro atoms. The van der Waals surface area contributed by atoms with E-state index in [0.717, 1.165) is 32.0 Å². The quantitative estimate of drug-likeness (QED) is 0.405. The molecule has 0 aliphatic rings. The highest BCUT2D eigenvalue weighted by Crippen LogP contribution is 2.01. The summed E-state index contributed by atoms with van der Waals surface area (Å²) < 4.78 is 0. The van der Waals surface area contributed by atoms with E-state index in [2.05, 4.69) is 38.3 Å². The fourth-order valence-corrected chi connectivity index (χ4v) is 1.67. The van der Waals surface area contributed by atoms with E-state index in [9.17, 15) is 0 Å². The summed E-state index contributed by atoms with van der Waals surface area (Å²) in [5.74, 6) is 1.44. The van der Waals surface area contributed by atoms with Crippen molar-refractivity contribution in [2.24, 2.45) is 17.6 Å². The van der Waals surface area contributed by atoms with Crippen molar-refractivity contribution in [1.29, 1.82) is 0 Å². The summed E-state index contributed by atoms with van der Waals surface area (Å²) >= 11 is 0. The topological polar surface area (TPSA) is 50.1 Å². The van der Waals surface area contributed by atoms with Crippen LogP contribution in [0.5, 0.6) is 0 Å². The third-order valence-electron chi connectivity index (χ3n) is 2.71. The second-order valence-corrected chi connectivity index (χ2v) is 5.86. The van der Waals surface area contributed by atoms with Gasteiger partial charge in [-0.1, -0.05) is 40.5 Å². The molecule has 0 aromatic heterocycles. The third kappa shape index (κ3) is 20.9. The van der Waals surface area contributed by atoms with E-state index in [4.69, 9.17) is 5.73 Å². The van der Waals surface area contributed by atoms with Gasteiger partial charge in [0.05, 0.1) is 6.17 Å². The van der Waals surface area contributed by atoms with Crippen LogP contribution < -0.4 is 16.4 Å². The number of nitrogens with two attached hydrogens (primary N) is 1. The first-order valence-electron chi connectivity index (χ1n) is 7.22. The lowest BCUT2D eigenvalue weighted by Gasteiger charge is -2.15. The Morgan fingerprint density at radius 1 is 0.842 bits per heavy atom. The second-order valence-electron chi connectivity index (χ2n) is 5.86. The molecule has 120 valence electrons. The maximum absolute atomic E-state index is 5.98. The Morgan fingerprint density at radius 3 is 1.95 bits per heavy atom. The van der Waals surface area contributed by atoms with Crippen molar-refractivity contribution in [2.45, 2.75) is 59.5 Å². The monoisotopic (exact) mass is 315 g/mol. The molecule has 0 fully saturated rings. The van der Waals surface area contributed by atoms with Gasteiger partial charge in [0.2, 0.25) is 0 Å². The van der Waals surface area contributed by atoms with E-state index in [1.54, 1.807) is 0 Å². The molecule has 19 heavy (non-hydrogen) atoms. The Balaban J connectivity index is -0.00000128. The van der Waals surface area contributed by atoms with Crippen molar-refractivity contribution in [2.75, 3.05) is 19.6 Å². The molecule has 4 N–H and O–H groups in total. The summed E-state index contributed by atoms with van der Waals surface area (Å²) in [6.07, 6.45) is 5.05. The molecule has 0 aliphatic carbocycles. The molecule has 0 aromatic rings. The molecule has 0 rings (SSSR count). The summed E-state index contributed by atoms with van der Waals surface area (Å²) in [7, 11) is 0. The highest BCUT2D eigenvalue weighted by atomic mass is 35.5. The van der Waals surface area contributed by atoms with Crippen molar-refractivity contribution < 1.29 is 0 Å². The largest absolute Gasteiger partial charge is 0.316 e. The van der Waals surface area contributed by atoms with Gasteiger partial charge in [0, 0.05) is 0 Å². The summed E-state index contributed by atoms with van der Waals surface area (Å²) in [4.78, 5) is 0. The molecule has 0 heterocycles. The van der Waals surface area contributed by atoms with E-state index in [1.165, 1.54) is 19.3 Å². The predicted molar refractivity (Wildman–Crippen MR) is 91.5 cm³/mol. The van der Waals surface area contributed by atoms with Gasteiger partial charge >= 0.3 is 0 Å². The molecule has 0 saturated heterocycles. The maximum atomic E-state index is 5.98. The van der Waals surface area contributed by atoms with Crippen LogP contribution in [0.4, 0.5) is 0 Å².